The molecule has 2 unspecified atom stereocenters. The van der Waals surface area contributed by atoms with Gasteiger partial charge in [-0.1, -0.05) is 13.3 Å². The Morgan fingerprint density at radius 1 is 1.35 bits per heavy atom. The van der Waals surface area contributed by atoms with E-state index < -0.39 is 35.2 Å². The number of aliphatic hydroxyl groups is 3. The van der Waals surface area contributed by atoms with Crippen molar-refractivity contribution in [3.63, 3.8) is 0 Å². The van der Waals surface area contributed by atoms with Crippen LogP contribution in [0.3, 0.4) is 0 Å². The Bertz CT molecular complexity index is 484. The van der Waals surface area contributed by atoms with E-state index in [4.69, 9.17) is 11.6 Å². The number of hydrogen-bond donors (Lipinski definition) is 5. The molecular formula is C18H35ClN2O4S. The second-order valence-electron chi connectivity index (χ2n) is 8.04. The molecule has 2 fully saturated rings. The number of carbonyl (C=O) groups excluding carboxylic acids is 1. The van der Waals surface area contributed by atoms with Crippen molar-refractivity contribution in [3.8, 4) is 0 Å². The molecule has 154 valence electrons. The lowest BCUT2D eigenvalue weighted by atomic mass is 9.97. The fourth-order valence-electron chi connectivity index (χ4n) is 4.46. The molecule has 0 saturated carbocycles. The van der Waals surface area contributed by atoms with E-state index in [1.807, 2.05) is 13.3 Å². The minimum Gasteiger partial charge on any atom is -0.390 e. The van der Waals surface area contributed by atoms with Gasteiger partial charge in [0, 0.05) is 17.5 Å². The Morgan fingerprint density at radius 3 is 2.58 bits per heavy atom. The van der Waals surface area contributed by atoms with Crippen LogP contribution in [-0.2, 0) is 4.79 Å². The van der Waals surface area contributed by atoms with E-state index >= 15 is 0 Å². The highest BCUT2D eigenvalue weighted by atomic mass is 35.5. The standard InChI is InChI=1S/C18H35ClN2O4S/c1-5-6-11-7-12(21(3)8-11)18(25)20-14(10(2)19)17-16(24)15(23)13(22)9-26(17)4/h10-17,22-24,26H,5-9H2,1-4H3,(H,20,25)/t10?,11-,12+,13+,14-,15+,16-,17-/m1/s1. The number of likely N-dealkylation sites (N-methyl/N-ethyl adjacent to an activating group) is 1. The zero-order valence-electron chi connectivity index (χ0n) is 16.2. The number of aliphatic hydroxyl groups excluding tert-OH is 3. The maximum absolute atomic E-state index is 12.9. The molecule has 2 heterocycles. The van der Waals surface area contributed by atoms with E-state index in [-0.39, 0.29) is 22.6 Å². The summed E-state index contributed by atoms with van der Waals surface area (Å²) in [7, 11) is 1.20. The Morgan fingerprint density at radius 2 is 2.00 bits per heavy atom. The van der Waals surface area contributed by atoms with Crippen LogP contribution in [0.2, 0.25) is 0 Å². The molecule has 2 rings (SSSR count). The van der Waals surface area contributed by atoms with Gasteiger partial charge in [0.25, 0.3) is 0 Å². The van der Waals surface area contributed by atoms with E-state index in [1.54, 1.807) is 6.92 Å². The highest BCUT2D eigenvalue weighted by Crippen LogP contribution is 2.40. The number of carbonyl (C=O) groups is 1. The van der Waals surface area contributed by atoms with Crippen molar-refractivity contribution < 1.29 is 20.1 Å². The Kier molecular flexibility index (Phi) is 8.07. The molecule has 0 radical (unpaired) electrons. The summed E-state index contributed by atoms with van der Waals surface area (Å²) < 4.78 is 0. The van der Waals surface area contributed by atoms with Crippen molar-refractivity contribution >= 4 is 28.4 Å². The molecule has 0 aromatic carbocycles. The summed E-state index contributed by atoms with van der Waals surface area (Å²) >= 11 is 6.38. The van der Waals surface area contributed by atoms with Gasteiger partial charge >= 0.3 is 0 Å². The maximum atomic E-state index is 12.9. The molecule has 2 aliphatic heterocycles. The Balaban J connectivity index is 2.09. The lowest BCUT2D eigenvalue weighted by molar-refractivity contribution is -0.126. The molecule has 2 saturated heterocycles. The summed E-state index contributed by atoms with van der Waals surface area (Å²) in [6, 6.07) is -0.611. The first-order valence-corrected chi connectivity index (χ1v) is 12.0. The van der Waals surface area contributed by atoms with Gasteiger partial charge in [0.15, 0.2) is 0 Å². The first kappa shape index (κ1) is 22.2. The molecule has 0 aromatic heterocycles. The normalized spacial score (nSPS) is 42.4. The lowest BCUT2D eigenvalue weighted by Gasteiger charge is -2.46. The van der Waals surface area contributed by atoms with E-state index in [0.29, 0.717) is 11.7 Å². The highest BCUT2D eigenvalue weighted by Gasteiger charge is 2.46. The molecule has 0 aromatic rings. The summed E-state index contributed by atoms with van der Waals surface area (Å²) in [6.45, 7) is 4.88. The minimum absolute atomic E-state index is 0.0557. The summed E-state index contributed by atoms with van der Waals surface area (Å²) in [5, 5.41) is 32.9. The number of nitrogens with one attached hydrogen (secondary N) is 1. The molecule has 0 aliphatic carbocycles. The molecular weight excluding hydrogens is 376 g/mol. The number of halogens is 1. The third kappa shape index (κ3) is 4.86. The molecule has 2 aliphatic rings. The lowest BCUT2D eigenvalue weighted by Crippen LogP contribution is -2.61. The number of thiol groups is 1. The van der Waals surface area contributed by atoms with Crippen LogP contribution in [-0.4, -0.2) is 92.8 Å². The van der Waals surface area contributed by atoms with Crippen LogP contribution in [0.5, 0.6) is 0 Å². The predicted octanol–water partition coefficient (Wildman–Crippen LogP) is 0.315. The van der Waals surface area contributed by atoms with Gasteiger partial charge in [0.2, 0.25) is 5.91 Å². The van der Waals surface area contributed by atoms with Crippen molar-refractivity contribution in [2.75, 3.05) is 25.6 Å². The maximum Gasteiger partial charge on any atom is 0.237 e. The van der Waals surface area contributed by atoms with Crippen LogP contribution in [0, 0.1) is 5.92 Å². The predicted molar refractivity (Wildman–Crippen MR) is 108 cm³/mol. The summed E-state index contributed by atoms with van der Waals surface area (Å²) in [5.74, 6) is 0.920. The molecule has 0 spiro atoms. The summed E-state index contributed by atoms with van der Waals surface area (Å²) in [4.78, 5) is 15.0. The first-order valence-electron chi connectivity index (χ1n) is 9.56. The van der Waals surface area contributed by atoms with E-state index in [0.717, 1.165) is 25.8 Å². The van der Waals surface area contributed by atoms with Crippen LogP contribution >= 0.6 is 22.5 Å². The molecule has 26 heavy (non-hydrogen) atoms. The molecule has 9 atom stereocenters. The van der Waals surface area contributed by atoms with Gasteiger partial charge < -0.3 is 20.6 Å². The second-order valence-corrected chi connectivity index (χ2v) is 11.2. The van der Waals surface area contributed by atoms with Crippen molar-refractivity contribution in [3.05, 3.63) is 0 Å². The number of rotatable bonds is 6. The highest BCUT2D eigenvalue weighted by molar-refractivity contribution is 8.17. The van der Waals surface area contributed by atoms with Gasteiger partial charge in [-0.15, -0.1) is 11.6 Å². The number of alkyl halides is 1. The van der Waals surface area contributed by atoms with E-state index in [1.165, 1.54) is 0 Å². The van der Waals surface area contributed by atoms with Crippen LogP contribution in [0.25, 0.3) is 0 Å². The van der Waals surface area contributed by atoms with Crippen LogP contribution in [0.15, 0.2) is 0 Å². The minimum atomic E-state index is -1.20. The largest absolute Gasteiger partial charge is 0.390 e. The fourth-order valence-corrected chi connectivity index (χ4v) is 7.41. The third-order valence-electron chi connectivity index (χ3n) is 5.88. The van der Waals surface area contributed by atoms with Gasteiger partial charge in [0.05, 0.1) is 29.7 Å². The van der Waals surface area contributed by atoms with Crippen molar-refractivity contribution in [2.24, 2.45) is 5.92 Å². The monoisotopic (exact) mass is 410 g/mol. The molecule has 4 N–H and O–H groups in total. The SMILES string of the molecule is CCC[C@@H]1C[C@@H](C(=O)N[C@H](C(C)Cl)[C@@H]2[C@H](O)[C@@H](O)[C@@H](O)C[SH]2C)N(C)C1. The number of nitrogens with zero attached hydrogens (tertiary/aromatic N) is 1. The quantitative estimate of drug-likeness (QED) is 0.321. The van der Waals surface area contributed by atoms with Gasteiger partial charge in [-0.3, -0.25) is 9.69 Å². The summed E-state index contributed by atoms with van der Waals surface area (Å²) in [5.41, 5.74) is 0. The van der Waals surface area contributed by atoms with Crippen LogP contribution < -0.4 is 5.32 Å². The smallest absolute Gasteiger partial charge is 0.237 e. The van der Waals surface area contributed by atoms with E-state index in [2.05, 4.69) is 17.1 Å². The number of hydrogen-bond acceptors (Lipinski definition) is 5. The van der Waals surface area contributed by atoms with Crippen LogP contribution in [0.1, 0.15) is 33.1 Å². The third-order valence-corrected chi connectivity index (χ3v) is 8.75. The number of amides is 1. The van der Waals surface area contributed by atoms with Gasteiger partial charge in [-0.05, 0) is 39.0 Å². The number of likely N-dealkylation sites (tertiary alicyclic amines) is 1. The Hall–Kier alpha value is -0.0500. The average Bonchev–Trinajstić information content (AvgIpc) is 2.92. The first-order chi connectivity index (χ1) is 12.2. The fraction of sp³-hybridized carbons (Fsp3) is 0.944. The topological polar surface area (TPSA) is 93.0 Å². The molecule has 1 amide bonds. The van der Waals surface area contributed by atoms with Crippen molar-refractivity contribution in [2.45, 2.75) is 74.1 Å². The van der Waals surface area contributed by atoms with Gasteiger partial charge in [-0.25, -0.2) is 10.9 Å². The van der Waals surface area contributed by atoms with Crippen molar-refractivity contribution in [1.29, 1.82) is 0 Å². The summed E-state index contributed by atoms with van der Waals surface area (Å²) in [6.07, 6.45) is 1.85. The second kappa shape index (κ2) is 9.43. The molecule has 8 heteroatoms. The zero-order valence-corrected chi connectivity index (χ0v) is 17.8. The van der Waals surface area contributed by atoms with Gasteiger partial charge in [-0.2, -0.15) is 0 Å². The average molecular weight is 411 g/mol. The van der Waals surface area contributed by atoms with Crippen LogP contribution in [0.4, 0.5) is 0 Å². The molecule has 6 nitrogen and oxygen atoms in total. The van der Waals surface area contributed by atoms with Crippen molar-refractivity contribution in [1.82, 2.24) is 10.2 Å². The molecule has 0 bridgehead atoms. The van der Waals surface area contributed by atoms with E-state index in [9.17, 15) is 20.1 Å². The Labute approximate surface area is 164 Å². The zero-order chi connectivity index (χ0) is 19.6. The van der Waals surface area contributed by atoms with Gasteiger partial charge in [0.1, 0.15) is 6.10 Å².